The number of benzene rings is 1. The number of piperazine rings is 1. The molecule has 1 saturated heterocycles. The van der Waals surface area contributed by atoms with Gasteiger partial charge >= 0.3 is 6.36 Å². The van der Waals surface area contributed by atoms with Crippen LogP contribution in [0.25, 0.3) is 0 Å². The molecular weight excluding hydrogens is 364 g/mol. The number of nitrogens with one attached hydrogen (secondary N) is 1. The van der Waals surface area contributed by atoms with Crippen molar-refractivity contribution in [3.63, 3.8) is 0 Å². The van der Waals surface area contributed by atoms with Crippen molar-refractivity contribution < 1.29 is 17.9 Å². The van der Waals surface area contributed by atoms with Crippen molar-refractivity contribution in [2.24, 2.45) is 5.92 Å². The fourth-order valence-corrected chi connectivity index (χ4v) is 3.36. The van der Waals surface area contributed by atoms with Crippen LogP contribution in [0.1, 0.15) is 30.9 Å². The molecule has 1 heterocycles. The molecule has 24 heavy (non-hydrogen) atoms. The van der Waals surface area contributed by atoms with Gasteiger partial charge in [-0.05, 0) is 36.5 Å². The predicted molar refractivity (Wildman–Crippen MR) is 92.1 cm³/mol. The number of alkyl halides is 3. The van der Waals surface area contributed by atoms with Gasteiger partial charge in [-0.2, -0.15) is 0 Å². The summed E-state index contributed by atoms with van der Waals surface area (Å²) < 4.78 is 40.7. The summed E-state index contributed by atoms with van der Waals surface area (Å²) in [7, 11) is 0. The van der Waals surface area contributed by atoms with Crippen LogP contribution in [0.15, 0.2) is 24.3 Å². The first-order valence-electron chi connectivity index (χ1n) is 7.83. The van der Waals surface area contributed by atoms with E-state index in [2.05, 4.69) is 15.0 Å². The first-order chi connectivity index (χ1) is 10.5. The monoisotopic (exact) mass is 386 g/mol. The van der Waals surface area contributed by atoms with Gasteiger partial charge in [0.05, 0.1) is 0 Å². The maximum Gasteiger partial charge on any atom is 0.573 e. The van der Waals surface area contributed by atoms with Crippen LogP contribution in [0.5, 0.6) is 5.75 Å². The predicted octanol–water partition coefficient (Wildman–Crippen LogP) is 4.18. The summed E-state index contributed by atoms with van der Waals surface area (Å²) in [6.45, 7) is 3.92. The van der Waals surface area contributed by atoms with Crippen LogP contribution >= 0.6 is 24.8 Å². The third-order valence-corrected chi connectivity index (χ3v) is 4.60. The van der Waals surface area contributed by atoms with Crippen LogP contribution in [0, 0.1) is 5.92 Å². The van der Waals surface area contributed by atoms with Crippen molar-refractivity contribution in [1.82, 2.24) is 10.2 Å². The Morgan fingerprint density at radius 3 is 2.08 bits per heavy atom. The molecule has 3 nitrogen and oxygen atoms in total. The minimum Gasteiger partial charge on any atom is -0.406 e. The van der Waals surface area contributed by atoms with E-state index in [4.69, 9.17) is 0 Å². The maximum absolute atomic E-state index is 12.2. The molecule has 1 aliphatic heterocycles. The standard InChI is InChI=1S/C16H21F3N2O.2ClH/c17-16(18,19)22-14-6-4-13(5-7-14)15(12-2-1-3-12)21-10-8-20-9-11-21;;/h4-7,12,15,20H,1-3,8-11H2;2*1H/t15-;;/m0../s1. The Morgan fingerprint density at radius 2 is 1.62 bits per heavy atom. The van der Waals surface area contributed by atoms with Crippen molar-refractivity contribution in [1.29, 1.82) is 0 Å². The molecule has 2 aliphatic rings. The lowest BCUT2D eigenvalue weighted by Gasteiger charge is -2.43. The second-order valence-electron chi connectivity index (χ2n) is 6.04. The van der Waals surface area contributed by atoms with Gasteiger partial charge in [0.2, 0.25) is 0 Å². The van der Waals surface area contributed by atoms with E-state index in [0.717, 1.165) is 31.7 Å². The van der Waals surface area contributed by atoms with Gasteiger partial charge in [0.1, 0.15) is 5.75 Å². The van der Waals surface area contributed by atoms with Crippen LogP contribution in [-0.4, -0.2) is 37.4 Å². The van der Waals surface area contributed by atoms with Crippen LogP contribution < -0.4 is 10.1 Å². The van der Waals surface area contributed by atoms with Gasteiger partial charge in [-0.25, -0.2) is 0 Å². The molecule has 0 radical (unpaired) electrons. The van der Waals surface area contributed by atoms with Crippen molar-refractivity contribution >= 4 is 24.8 Å². The molecule has 0 spiro atoms. The van der Waals surface area contributed by atoms with Gasteiger partial charge in [0.15, 0.2) is 0 Å². The molecule has 8 heteroatoms. The van der Waals surface area contributed by atoms with Crippen molar-refractivity contribution in [3.8, 4) is 5.75 Å². The summed E-state index contributed by atoms with van der Waals surface area (Å²) in [5, 5.41) is 3.34. The van der Waals surface area contributed by atoms with Crippen LogP contribution in [-0.2, 0) is 0 Å². The molecule has 2 fully saturated rings. The third kappa shape index (κ3) is 5.41. The number of nitrogens with zero attached hydrogens (tertiary/aromatic N) is 1. The van der Waals surface area contributed by atoms with Gasteiger partial charge in [-0.3, -0.25) is 4.90 Å². The van der Waals surface area contributed by atoms with E-state index in [1.54, 1.807) is 12.1 Å². The summed E-state index contributed by atoms with van der Waals surface area (Å²) in [5.41, 5.74) is 1.10. The molecule has 0 aromatic heterocycles. The van der Waals surface area contributed by atoms with E-state index in [0.29, 0.717) is 12.0 Å². The summed E-state index contributed by atoms with van der Waals surface area (Å²) in [6, 6.07) is 6.74. The molecule has 3 rings (SSSR count). The second-order valence-corrected chi connectivity index (χ2v) is 6.04. The summed E-state index contributed by atoms with van der Waals surface area (Å²) in [6.07, 6.45) is -0.971. The SMILES string of the molecule is Cl.Cl.FC(F)(F)Oc1ccc([C@H](C2CCC2)N2CCNCC2)cc1. The number of hydrogen-bond donors (Lipinski definition) is 1. The van der Waals surface area contributed by atoms with Crippen molar-refractivity contribution in [2.75, 3.05) is 26.2 Å². The van der Waals surface area contributed by atoms with Crippen LogP contribution in [0.2, 0.25) is 0 Å². The first-order valence-corrected chi connectivity index (χ1v) is 7.83. The fourth-order valence-electron chi connectivity index (χ4n) is 3.36. The fraction of sp³-hybridized carbons (Fsp3) is 0.625. The van der Waals surface area contributed by atoms with Crippen molar-refractivity contribution in [2.45, 2.75) is 31.7 Å². The Bertz CT molecular complexity index is 489. The van der Waals surface area contributed by atoms with Gasteiger partial charge in [0.25, 0.3) is 0 Å². The van der Waals surface area contributed by atoms with E-state index < -0.39 is 6.36 Å². The minimum absolute atomic E-state index is 0. The van der Waals surface area contributed by atoms with E-state index >= 15 is 0 Å². The average molecular weight is 387 g/mol. The second kappa shape index (κ2) is 9.13. The smallest absolute Gasteiger partial charge is 0.406 e. The molecule has 1 aromatic rings. The molecule has 1 saturated carbocycles. The normalized spacial score (nSPS) is 20.3. The Balaban J connectivity index is 0.00000144. The molecule has 1 aromatic carbocycles. The highest BCUT2D eigenvalue weighted by Crippen LogP contribution is 2.42. The average Bonchev–Trinajstić information content (AvgIpc) is 2.43. The lowest BCUT2D eigenvalue weighted by molar-refractivity contribution is -0.274. The number of ether oxygens (including phenoxy) is 1. The zero-order chi connectivity index (χ0) is 15.6. The summed E-state index contributed by atoms with van der Waals surface area (Å²) >= 11 is 0. The Kier molecular flexibility index (Phi) is 8.12. The van der Waals surface area contributed by atoms with E-state index in [1.807, 2.05) is 0 Å². The third-order valence-electron chi connectivity index (χ3n) is 4.60. The quantitative estimate of drug-likeness (QED) is 0.839. The highest BCUT2D eigenvalue weighted by molar-refractivity contribution is 5.85. The molecule has 1 atom stereocenters. The van der Waals surface area contributed by atoms with Crippen molar-refractivity contribution in [3.05, 3.63) is 29.8 Å². The number of hydrogen-bond acceptors (Lipinski definition) is 3. The summed E-state index contributed by atoms with van der Waals surface area (Å²) in [4.78, 5) is 2.46. The van der Waals surface area contributed by atoms with E-state index in [-0.39, 0.29) is 30.6 Å². The highest BCUT2D eigenvalue weighted by atomic mass is 35.5. The van der Waals surface area contributed by atoms with Gasteiger partial charge < -0.3 is 10.1 Å². The van der Waals surface area contributed by atoms with Gasteiger partial charge in [-0.1, -0.05) is 18.6 Å². The van der Waals surface area contributed by atoms with Gasteiger partial charge in [-0.15, -0.1) is 38.0 Å². The Hall–Kier alpha value is -0.690. The zero-order valence-corrected chi connectivity index (χ0v) is 14.9. The lowest BCUT2D eigenvalue weighted by atomic mass is 9.76. The minimum atomic E-state index is -4.63. The lowest BCUT2D eigenvalue weighted by Crippen LogP contribution is -2.47. The molecule has 0 unspecified atom stereocenters. The molecule has 0 amide bonds. The van der Waals surface area contributed by atoms with Gasteiger partial charge in [0, 0.05) is 32.2 Å². The molecule has 1 N–H and O–H groups in total. The van der Waals surface area contributed by atoms with Crippen LogP contribution in [0.4, 0.5) is 13.2 Å². The Labute approximate surface area is 152 Å². The maximum atomic E-state index is 12.2. The highest BCUT2D eigenvalue weighted by Gasteiger charge is 2.34. The van der Waals surface area contributed by atoms with Crippen LogP contribution in [0.3, 0.4) is 0 Å². The molecular formula is C16H23Cl2F3N2O. The van der Waals surface area contributed by atoms with E-state index in [1.165, 1.54) is 31.4 Å². The topological polar surface area (TPSA) is 24.5 Å². The number of rotatable bonds is 4. The first kappa shape index (κ1) is 21.4. The van der Waals surface area contributed by atoms with E-state index in [9.17, 15) is 13.2 Å². The molecule has 1 aliphatic carbocycles. The molecule has 0 bridgehead atoms. The Morgan fingerprint density at radius 1 is 1.04 bits per heavy atom. The largest absolute Gasteiger partial charge is 0.573 e. The number of halogens is 5. The zero-order valence-electron chi connectivity index (χ0n) is 13.2. The summed E-state index contributed by atoms with van der Waals surface area (Å²) in [5.74, 6) is 0.469. The molecule has 138 valence electrons.